The van der Waals surface area contributed by atoms with Crippen molar-refractivity contribution in [2.75, 3.05) is 0 Å². The molecule has 1 rings (SSSR count). The highest BCUT2D eigenvalue weighted by Gasteiger charge is 2.23. The Kier molecular flexibility index (Phi) is 3.28. The number of hydrogen-bond donors (Lipinski definition) is 1. The maximum Gasteiger partial charge on any atom is 0.341 e. The highest BCUT2D eigenvalue weighted by Crippen LogP contribution is 2.22. The first kappa shape index (κ1) is 10.8. The third kappa shape index (κ3) is 1.95. The van der Waals surface area contributed by atoms with Gasteiger partial charge in [-0.3, -0.25) is 0 Å². The van der Waals surface area contributed by atoms with E-state index in [-0.39, 0.29) is 11.5 Å². The molecule has 0 aliphatic rings. The smallest absolute Gasteiger partial charge is 0.341 e. The van der Waals surface area contributed by atoms with Gasteiger partial charge in [0.15, 0.2) is 5.76 Å². The number of nitrogens with zero attached hydrogens (tertiary/aromatic N) is 1. The summed E-state index contributed by atoms with van der Waals surface area (Å²) in [5, 5.41) is 12.8. The minimum absolute atomic E-state index is 0.0791. The molecule has 0 saturated heterocycles. The normalized spacial score (nSPS) is 10.9. The average Bonchev–Trinajstić information content (AvgIpc) is 2.48. The van der Waals surface area contributed by atoms with Crippen LogP contribution in [0.3, 0.4) is 0 Å². The Bertz CT molecular complexity index is 328. The maximum absolute atomic E-state index is 11.0. The van der Waals surface area contributed by atoms with E-state index in [1.54, 1.807) is 0 Å². The zero-order valence-corrected chi connectivity index (χ0v) is 8.70. The Hall–Kier alpha value is -1.32. The molecule has 1 aromatic heterocycles. The maximum atomic E-state index is 11.0. The molecule has 1 heterocycles. The van der Waals surface area contributed by atoms with Crippen LogP contribution in [0.15, 0.2) is 4.52 Å². The second-order valence-electron chi connectivity index (χ2n) is 3.58. The van der Waals surface area contributed by atoms with E-state index >= 15 is 0 Å². The van der Waals surface area contributed by atoms with E-state index in [9.17, 15) is 4.79 Å². The molecule has 14 heavy (non-hydrogen) atoms. The summed E-state index contributed by atoms with van der Waals surface area (Å²) in [7, 11) is 0. The van der Waals surface area contributed by atoms with Crippen molar-refractivity contribution in [2.45, 2.75) is 39.5 Å². The summed E-state index contributed by atoms with van der Waals surface area (Å²) in [4.78, 5) is 11.0. The van der Waals surface area contributed by atoms with Crippen LogP contribution in [0, 0.1) is 0 Å². The van der Waals surface area contributed by atoms with Crippen LogP contribution in [-0.4, -0.2) is 16.2 Å². The predicted octanol–water partition coefficient (Wildman–Crippen LogP) is 2.45. The molecule has 0 aromatic carbocycles. The lowest BCUT2D eigenvalue weighted by Crippen LogP contribution is -2.04. The first-order valence-corrected chi connectivity index (χ1v) is 4.79. The van der Waals surface area contributed by atoms with Crippen molar-refractivity contribution >= 4 is 5.97 Å². The Morgan fingerprint density at radius 2 is 2.21 bits per heavy atom. The highest BCUT2D eigenvalue weighted by atomic mass is 16.5. The Balaban J connectivity index is 3.13. The van der Waals surface area contributed by atoms with Gasteiger partial charge in [0.2, 0.25) is 0 Å². The standard InChI is InChI=1S/C10H15NO3/c1-4-5-7-8(10(12)13)9(6(2)3)11-14-7/h6H,4-5H2,1-3H3,(H,12,13). The van der Waals surface area contributed by atoms with E-state index < -0.39 is 5.97 Å². The van der Waals surface area contributed by atoms with Crippen molar-refractivity contribution < 1.29 is 14.4 Å². The van der Waals surface area contributed by atoms with Crippen LogP contribution in [-0.2, 0) is 6.42 Å². The quantitative estimate of drug-likeness (QED) is 0.805. The fourth-order valence-corrected chi connectivity index (χ4v) is 1.36. The summed E-state index contributed by atoms with van der Waals surface area (Å²) in [6.45, 7) is 5.78. The largest absolute Gasteiger partial charge is 0.477 e. The molecule has 1 aromatic rings. The molecule has 1 N–H and O–H groups in total. The van der Waals surface area contributed by atoms with E-state index in [4.69, 9.17) is 9.63 Å². The predicted molar refractivity (Wildman–Crippen MR) is 51.5 cm³/mol. The minimum atomic E-state index is -0.946. The van der Waals surface area contributed by atoms with E-state index in [0.29, 0.717) is 17.9 Å². The van der Waals surface area contributed by atoms with Crippen LogP contribution in [0.2, 0.25) is 0 Å². The van der Waals surface area contributed by atoms with Crippen LogP contribution in [0.1, 0.15) is 54.9 Å². The zero-order chi connectivity index (χ0) is 10.7. The van der Waals surface area contributed by atoms with Crippen molar-refractivity contribution in [3.63, 3.8) is 0 Å². The van der Waals surface area contributed by atoms with Gasteiger partial charge in [0, 0.05) is 6.42 Å². The summed E-state index contributed by atoms with van der Waals surface area (Å²) < 4.78 is 5.03. The van der Waals surface area contributed by atoms with E-state index in [2.05, 4.69) is 5.16 Å². The lowest BCUT2D eigenvalue weighted by molar-refractivity contribution is 0.0693. The molecule has 0 atom stereocenters. The fraction of sp³-hybridized carbons (Fsp3) is 0.600. The lowest BCUT2D eigenvalue weighted by atomic mass is 10.0. The van der Waals surface area contributed by atoms with Crippen molar-refractivity contribution in [1.82, 2.24) is 5.16 Å². The van der Waals surface area contributed by atoms with Crippen LogP contribution < -0.4 is 0 Å². The molecule has 4 heteroatoms. The number of aromatic nitrogens is 1. The summed E-state index contributed by atoms with van der Waals surface area (Å²) in [6.07, 6.45) is 1.48. The fourth-order valence-electron chi connectivity index (χ4n) is 1.36. The van der Waals surface area contributed by atoms with Gasteiger partial charge in [-0.05, 0) is 12.3 Å². The molecule has 4 nitrogen and oxygen atoms in total. The monoisotopic (exact) mass is 197 g/mol. The number of hydrogen-bond acceptors (Lipinski definition) is 3. The lowest BCUT2D eigenvalue weighted by Gasteiger charge is -2.00. The number of rotatable bonds is 4. The minimum Gasteiger partial charge on any atom is -0.477 e. The Morgan fingerprint density at radius 3 is 2.64 bits per heavy atom. The summed E-state index contributed by atoms with van der Waals surface area (Å²) in [6, 6.07) is 0. The van der Waals surface area contributed by atoms with Gasteiger partial charge in [0.05, 0.1) is 0 Å². The van der Waals surface area contributed by atoms with Crippen LogP contribution in [0.4, 0.5) is 0 Å². The third-order valence-corrected chi connectivity index (χ3v) is 2.03. The molecule has 0 aliphatic carbocycles. The second-order valence-corrected chi connectivity index (χ2v) is 3.58. The molecule has 0 radical (unpaired) electrons. The highest BCUT2D eigenvalue weighted by molar-refractivity contribution is 5.90. The molecule has 0 spiro atoms. The Labute approximate surface area is 82.9 Å². The average molecular weight is 197 g/mol. The molecular weight excluding hydrogens is 182 g/mol. The van der Waals surface area contributed by atoms with E-state index in [1.165, 1.54) is 0 Å². The van der Waals surface area contributed by atoms with Gasteiger partial charge in [-0.15, -0.1) is 0 Å². The van der Waals surface area contributed by atoms with Gasteiger partial charge in [-0.25, -0.2) is 4.79 Å². The van der Waals surface area contributed by atoms with Crippen LogP contribution in [0.5, 0.6) is 0 Å². The summed E-state index contributed by atoms with van der Waals surface area (Å²) in [5.41, 5.74) is 0.794. The van der Waals surface area contributed by atoms with Gasteiger partial charge in [-0.2, -0.15) is 0 Å². The first-order valence-electron chi connectivity index (χ1n) is 4.79. The SMILES string of the molecule is CCCc1onc(C(C)C)c1C(=O)O. The van der Waals surface area contributed by atoms with E-state index in [0.717, 1.165) is 6.42 Å². The summed E-state index contributed by atoms with van der Waals surface area (Å²) in [5.74, 6) is -0.377. The van der Waals surface area contributed by atoms with Gasteiger partial charge < -0.3 is 9.63 Å². The topological polar surface area (TPSA) is 63.3 Å². The number of carboxylic acid groups (broad SMARTS) is 1. The van der Waals surface area contributed by atoms with Crippen molar-refractivity contribution in [3.05, 3.63) is 17.0 Å². The molecular formula is C10H15NO3. The zero-order valence-electron chi connectivity index (χ0n) is 8.70. The molecule has 0 bridgehead atoms. The first-order chi connectivity index (χ1) is 6.57. The molecule has 0 saturated carbocycles. The van der Waals surface area contributed by atoms with Crippen molar-refractivity contribution in [2.24, 2.45) is 0 Å². The molecule has 0 fully saturated rings. The third-order valence-electron chi connectivity index (χ3n) is 2.03. The van der Waals surface area contributed by atoms with Gasteiger partial charge >= 0.3 is 5.97 Å². The van der Waals surface area contributed by atoms with Crippen LogP contribution in [0.25, 0.3) is 0 Å². The summed E-state index contributed by atoms with van der Waals surface area (Å²) >= 11 is 0. The van der Waals surface area contributed by atoms with Gasteiger partial charge in [0.1, 0.15) is 11.3 Å². The molecule has 0 unspecified atom stereocenters. The molecule has 78 valence electrons. The van der Waals surface area contributed by atoms with Crippen molar-refractivity contribution in [1.29, 1.82) is 0 Å². The number of aromatic carboxylic acids is 1. The molecule has 0 aliphatic heterocycles. The van der Waals surface area contributed by atoms with Gasteiger partial charge in [-0.1, -0.05) is 25.9 Å². The number of aryl methyl sites for hydroxylation is 1. The van der Waals surface area contributed by atoms with Gasteiger partial charge in [0.25, 0.3) is 0 Å². The Morgan fingerprint density at radius 1 is 1.57 bits per heavy atom. The van der Waals surface area contributed by atoms with E-state index in [1.807, 2.05) is 20.8 Å². The number of carbonyl (C=O) groups is 1. The molecule has 0 amide bonds. The van der Waals surface area contributed by atoms with Crippen molar-refractivity contribution in [3.8, 4) is 0 Å². The second kappa shape index (κ2) is 4.26. The number of carboxylic acids is 1. The van der Waals surface area contributed by atoms with Crippen LogP contribution >= 0.6 is 0 Å².